The fourth-order valence-corrected chi connectivity index (χ4v) is 3.66. The van der Waals surface area contributed by atoms with Crippen LogP contribution in [-0.4, -0.2) is 66.8 Å². The zero-order valence-corrected chi connectivity index (χ0v) is 13.8. The first-order valence-electron chi connectivity index (χ1n) is 8.75. The molecule has 2 aliphatic heterocycles. The first-order chi connectivity index (χ1) is 10.8. The summed E-state index contributed by atoms with van der Waals surface area (Å²) in [5, 5.41) is 0. The Kier molecular flexibility index (Phi) is 5.82. The largest absolute Gasteiger partial charge is 0.377 e. The van der Waals surface area contributed by atoms with Gasteiger partial charge in [0, 0.05) is 44.0 Å². The van der Waals surface area contributed by atoms with E-state index >= 15 is 0 Å². The number of likely N-dealkylation sites (tertiary alicyclic amines) is 1. The van der Waals surface area contributed by atoms with Gasteiger partial charge in [0.05, 0.1) is 6.10 Å². The van der Waals surface area contributed by atoms with E-state index in [2.05, 4.69) is 34.0 Å². The highest BCUT2D eigenvalue weighted by Crippen LogP contribution is 2.19. The van der Waals surface area contributed by atoms with Crippen LogP contribution in [0, 0.1) is 0 Å². The lowest BCUT2D eigenvalue weighted by molar-refractivity contribution is 0.0516. The van der Waals surface area contributed by atoms with Gasteiger partial charge in [-0.2, -0.15) is 0 Å². The topological polar surface area (TPSA) is 28.6 Å². The van der Waals surface area contributed by atoms with Gasteiger partial charge in [-0.25, -0.2) is 0 Å². The van der Waals surface area contributed by atoms with Gasteiger partial charge in [0.2, 0.25) is 0 Å². The van der Waals surface area contributed by atoms with Crippen LogP contribution in [-0.2, 0) is 11.2 Å². The van der Waals surface area contributed by atoms with Crippen LogP contribution in [0.1, 0.15) is 31.4 Å². The molecule has 3 rings (SSSR count). The average Bonchev–Trinajstić information content (AvgIpc) is 3.07. The van der Waals surface area contributed by atoms with Crippen LogP contribution in [0.5, 0.6) is 0 Å². The first kappa shape index (κ1) is 15.9. The predicted octanol–water partition coefficient (Wildman–Crippen LogP) is 2.20. The second kappa shape index (κ2) is 8.04. The van der Waals surface area contributed by atoms with Gasteiger partial charge in [-0.1, -0.05) is 6.07 Å². The number of hydrogen-bond donors (Lipinski definition) is 0. The Balaban J connectivity index is 1.36. The van der Waals surface area contributed by atoms with E-state index in [4.69, 9.17) is 4.74 Å². The Hall–Kier alpha value is -0.970. The van der Waals surface area contributed by atoms with E-state index in [-0.39, 0.29) is 0 Å². The number of rotatable bonds is 6. The van der Waals surface area contributed by atoms with E-state index in [1.54, 1.807) is 0 Å². The SMILES string of the molecule is CN(C[C@H]1CCCO1)C1CCN(CCc2ccccn2)CC1. The van der Waals surface area contributed by atoms with Crippen molar-refractivity contribution in [2.24, 2.45) is 0 Å². The van der Waals surface area contributed by atoms with Gasteiger partial charge >= 0.3 is 0 Å². The first-order valence-corrected chi connectivity index (χ1v) is 8.75. The van der Waals surface area contributed by atoms with Crippen molar-refractivity contribution in [3.8, 4) is 0 Å². The molecule has 2 fully saturated rings. The molecular weight excluding hydrogens is 274 g/mol. The van der Waals surface area contributed by atoms with Gasteiger partial charge < -0.3 is 14.5 Å². The summed E-state index contributed by atoms with van der Waals surface area (Å²) in [5.41, 5.74) is 1.21. The molecule has 4 heteroatoms. The summed E-state index contributed by atoms with van der Waals surface area (Å²) in [6, 6.07) is 6.92. The summed E-state index contributed by atoms with van der Waals surface area (Å²) in [6.07, 6.45) is 8.49. The van der Waals surface area contributed by atoms with Crippen LogP contribution in [0.15, 0.2) is 24.4 Å². The fourth-order valence-electron chi connectivity index (χ4n) is 3.66. The lowest BCUT2D eigenvalue weighted by atomic mass is 10.0. The third-order valence-corrected chi connectivity index (χ3v) is 5.11. The summed E-state index contributed by atoms with van der Waals surface area (Å²) >= 11 is 0. The molecule has 122 valence electrons. The molecule has 0 saturated carbocycles. The van der Waals surface area contributed by atoms with Crippen LogP contribution < -0.4 is 0 Å². The molecule has 0 amide bonds. The molecule has 1 atom stereocenters. The predicted molar refractivity (Wildman–Crippen MR) is 89.0 cm³/mol. The molecule has 3 heterocycles. The lowest BCUT2D eigenvalue weighted by Gasteiger charge is -2.37. The fraction of sp³-hybridized carbons (Fsp3) is 0.722. The van der Waals surface area contributed by atoms with Crippen molar-refractivity contribution < 1.29 is 4.74 Å². The maximum Gasteiger partial charge on any atom is 0.0702 e. The minimum absolute atomic E-state index is 0.479. The van der Waals surface area contributed by atoms with Crippen molar-refractivity contribution in [2.45, 2.75) is 44.2 Å². The summed E-state index contributed by atoms with van der Waals surface area (Å²) in [4.78, 5) is 9.54. The van der Waals surface area contributed by atoms with Gasteiger partial charge in [-0.3, -0.25) is 4.98 Å². The Labute approximate surface area is 134 Å². The molecule has 4 nitrogen and oxygen atoms in total. The van der Waals surface area contributed by atoms with Crippen LogP contribution in [0.25, 0.3) is 0 Å². The van der Waals surface area contributed by atoms with Crippen LogP contribution in [0.3, 0.4) is 0 Å². The third kappa shape index (κ3) is 4.51. The van der Waals surface area contributed by atoms with Crippen LogP contribution >= 0.6 is 0 Å². The van der Waals surface area contributed by atoms with E-state index < -0.39 is 0 Å². The normalized spacial score (nSPS) is 24.2. The van der Waals surface area contributed by atoms with Crippen molar-refractivity contribution in [2.75, 3.05) is 39.8 Å². The molecule has 1 aromatic rings. The van der Waals surface area contributed by atoms with E-state index in [9.17, 15) is 0 Å². The molecule has 2 aliphatic rings. The second-order valence-electron chi connectivity index (χ2n) is 6.72. The molecule has 0 spiro atoms. The number of piperidine rings is 1. The number of hydrogen-bond acceptors (Lipinski definition) is 4. The molecule has 0 aliphatic carbocycles. The van der Waals surface area contributed by atoms with Gasteiger partial charge in [-0.05, 0) is 58.0 Å². The maximum atomic E-state index is 5.76. The molecular formula is C18H29N3O. The molecule has 1 aromatic heterocycles. The van der Waals surface area contributed by atoms with Gasteiger partial charge in [0.15, 0.2) is 0 Å². The minimum Gasteiger partial charge on any atom is -0.377 e. The summed E-state index contributed by atoms with van der Waals surface area (Å²) < 4.78 is 5.76. The number of ether oxygens (including phenoxy) is 1. The smallest absolute Gasteiger partial charge is 0.0702 e. The van der Waals surface area contributed by atoms with E-state index in [1.165, 1.54) is 44.5 Å². The molecule has 22 heavy (non-hydrogen) atoms. The molecule has 0 aromatic carbocycles. The quantitative estimate of drug-likeness (QED) is 0.805. The highest BCUT2D eigenvalue weighted by atomic mass is 16.5. The van der Waals surface area contributed by atoms with Crippen LogP contribution in [0.4, 0.5) is 0 Å². The Bertz CT molecular complexity index is 425. The van der Waals surface area contributed by atoms with Crippen molar-refractivity contribution in [3.05, 3.63) is 30.1 Å². The van der Waals surface area contributed by atoms with Crippen molar-refractivity contribution >= 4 is 0 Å². The zero-order chi connectivity index (χ0) is 15.2. The molecule has 0 N–H and O–H groups in total. The number of pyridine rings is 1. The maximum absolute atomic E-state index is 5.76. The highest BCUT2D eigenvalue weighted by molar-refractivity contribution is 5.03. The summed E-state index contributed by atoms with van der Waals surface area (Å²) in [5.74, 6) is 0. The van der Waals surface area contributed by atoms with E-state index in [0.29, 0.717) is 6.10 Å². The number of nitrogens with zero attached hydrogens (tertiary/aromatic N) is 3. The second-order valence-corrected chi connectivity index (χ2v) is 6.72. The van der Waals surface area contributed by atoms with Gasteiger partial charge in [-0.15, -0.1) is 0 Å². The summed E-state index contributed by atoms with van der Waals surface area (Å²) in [6.45, 7) is 5.64. The molecule has 0 radical (unpaired) electrons. The Morgan fingerprint density at radius 1 is 1.27 bits per heavy atom. The van der Waals surface area contributed by atoms with E-state index in [1.807, 2.05) is 12.3 Å². The van der Waals surface area contributed by atoms with Crippen LogP contribution in [0.2, 0.25) is 0 Å². The lowest BCUT2D eigenvalue weighted by Crippen LogP contribution is -2.45. The Morgan fingerprint density at radius 3 is 2.82 bits per heavy atom. The van der Waals surface area contributed by atoms with Crippen molar-refractivity contribution in [1.29, 1.82) is 0 Å². The molecule has 0 unspecified atom stereocenters. The van der Waals surface area contributed by atoms with Gasteiger partial charge in [0.1, 0.15) is 0 Å². The summed E-state index contributed by atoms with van der Waals surface area (Å²) in [7, 11) is 2.27. The van der Waals surface area contributed by atoms with Crippen molar-refractivity contribution in [1.82, 2.24) is 14.8 Å². The number of aromatic nitrogens is 1. The number of likely N-dealkylation sites (N-methyl/N-ethyl adjacent to an activating group) is 1. The standard InChI is InChI=1S/C18H29N3O/c1-20(15-18-6-4-14-22-18)17-8-12-21(13-9-17)11-7-16-5-2-3-10-19-16/h2-3,5,10,17-18H,4,6-9,11-15H2,1H3/t18-/m1/s1. The molecule has 2 saturated heterocycles. The third-order valence-electron chi connectivity index (χ3n) is 5.11. The van der Waals surface area contributed by atoms with Crippen molar-refractivity contribution in [3.63, 3.8) is 0 Å². The monoisotopic (exact) mass is 303 g/mol. The minimum atomic E-state index is 0.479. The average molecular weight is 303 g/mol. The highest BCUT2D eigenvalue weighted by Gasteiger charge is 2.25. The van der Waals surface area contributed by atoms with Gasteiger partial charge in [0.25, 0.3) is 0 Å². The zero-order valence-electron chi connectivity index (χ0n) is 13.8. The molecule has 0 bridgehead atoms. The van der Waals surface area contributed by atoms with E-state index in [0.717, 1.165) is 32.2 Å². The Morgan fingerprint density at radius 2 is 2.14 bits per heavy atom.